The Bertz CT molecular complexity index is 1180. The summed E-state index contributed by atoms with van der Waals surface area (Å²) < 4.78 is 8.20. The number of amides is 1. The maximum Gasteiger partial charge on any atom is 0.244 e. The lowest BCUT2D eigenvalue weighted by Crippen LogP contribution is -2.74. The second-order valence-corrected chi connectivity index (χ2v) is 11.1. The van der Waals surface area contributed by atoms with E-state index in [0.29, 0.717) is 25.3 Å². The highest BCUT2D eigenvalue weighted by molar-refractivity contribution is 5.76. The van der Waals surface area contributed by atoms with Crippen molar-refractivity contribution in [3.63, 3.8) is 0 Å². The number of piperidine rings is 1. The summed E-state index contributed by atoms with van der Waals surface area (Å²) in [7, 11) is 0. The summed E-state index contributed by atoms with van der Waals surface area (Å²) in [6.07, 6.45) is 5.93. The van der Waals surface area contributed by atoms with Crippen molar-refractivity contribution in [1.29, 1.82) is 0 Å². The molecule has 2 aliphatic carbocycles. The fourth-order valence-electron chi connectivity index (χ4n) is 7.42. The fraction of sp³-hybridized carbons (Fsp3) is 0.615. The van der Waals surface area contributed by atoms with Gasteiger partial charge in [0.25, 0.3) is 0 Å². The van der Waals surface area contributed by atoms with Crippen molar-refractivity contribution < 1.29 is 19.7 Å². The maximum absolute atomic E-state index is 13.4. The molecule has 2 N–H and O–H groups in total. The van der Waals surface area contributed by atoms with E-state index in [1.807, 2.05) is 24.0 Å². The first-order valence-electron chi connectivity index (χ1n) is 12.7. The molecule has 2 saturated heterocycles. The minimum absolute atomic E-state index is 0.000597. The molecule has 3 fully saturated rings. The summed E-state index contributed by atoms with van der Waals surface area (Å²) in [5, 5.41) is 27.6. The van der Waals surface area contributed by atoms with Gasteiger partial charge in [0.05, 0.1) is 17.6 Å². The molecule has 4 heterocycles. The Hall–Kier alpha value is -2.58. The lowest BCUT2D eigenvalue weighted by atomic mass is 9.52. The van der Waals surface area contributed by atoms with E-state index in [9.17, 15) is 15.0 Å². The van der Waals surface area contributed by atoms with Crippen LogP contribution >= 0.6 is 0 Å². The number of hydrogen-bond donors (Lipinski definition) is 2. The molecule has 8 nitrogen and oxygen atoms in total. The summed E-state index contributed by atoms with van der Waals surface area (Å²) in [6.45, 7) is 4.97. The molecule has 1 saturated carbocycles. The van der Waals surface area contributed by atoms with Crippen molar-refractivity contribution in [3.05, 3.63) is 41.2 Å². The van der Waals surface area contributed by atoms with Gasteiger partial charge in [-0.1, -0.05) is 6.07 Å². The van der Waals surface area contributed by atoms with Crippen LogP contribution in [-0.2, 0) is 23.2 Å². The number of aromatic hydroxyl groups is 1. The number of carbonyl (C=O) groups excluding carboxylic acids is 1. The van der Waals surface area contributed by atoms with Gasteiger partial charge in [0, 0.05) is 36.6 Å². The number of aromatic nitrogens is 2. The number of carbonyl (C=O) groups is 1. The van der Waals surface area contributed by atoms with Gasteiger partial charge in [-0.3, -0.25) is 14.4 Å². The summed E-state index contributed by atoms with van der Waals surface area (Å²) in [6, 6.07) is 5.64. The number of likely N-dealkylation sites (tertiary alicyclic amines) is 2. The van der Waals surface area contributed by atoms with E-state index in [4.69, 9.17) is 4.74 Å². The van der Waals surface area contributed by atoms with E-state index >= 15 is 0 Å². The van der Waals surface area contributed by atoms with Gasteiger partial charge in [0.15, 0.2) is 11.5 Å². The minimum Gasteiger partial charge on any atom is -0.504 e. The lowest BCUT2D eigenvalue weighted by molar-refractivity contribution is -0.162. The van der Waals surface area contributed by atoms with Crippen molar-refractivity contribution in [2.75, 3.05) is 26.2 Å². The Morgan fingerprint density at radius 2 is 2.09 bits per heavy atom. The lowest BCUT2D eigenvalue weighted by Gasteiger charge is -2.60. The van der Waals surface area contributed by atoms with Crippen molar-refractivity contribution in [3.8, 4) is 11.5 Å². The molecular weight excluding hydrogens is 432 g/mol. The van der Waals surface area contributed by atoms with Gasteiger partial charge in [-0.05, 0) is 69.2 Å². The van der Waals surface area contributed by atoms with Crippen LogP contribution < -0.4 is 4.74 Å². The second-order valence-electron chi connectivity index (χ2n) is 11.1. The molecule has 2 bridgehead atoms. The minimum atomic E-state index is -1.01. The molecule has 8 heteroatoms. The van der Waals surface area contributed by atoms with Gasteiger partial charge in [-0.15, -0.1) is 0 Å². The van der Waals surface area contributed by atoms with Gasteiger partial charge in [-0.25, -0.2) is 0 Å². The Labute approximate surface area is 199 Å². The summed E-state index contributed by atoms with van der Waals surface area (Å²) in [5.74, 6) is 1.38. The van der Waals surface area contributed by atoms with Crippen molar-refractivity contribution in [2.45, 2.75) is 68.7 Å². The smallest absolute Gasteiger partial charge is 0.244 e. The molecule has 1 spiro atoms. The number of phenolic OH excluding ortho intramolecular Hbond substituents is 1. The van der Waals surface area contributed by atoms with Gasteiger partial charge in [0.1, 0.15) is 12.6 Å². The average molecular weight is 465 g/mol. The maximum atomic E-state index is 13.4. The Kier molecular flexibility index (Phi) is 4.26. The van der Waals surface area contributed by atoms with Crippen molar-refractivity contribution >= 4 is 5.91 Å². The number of phenols is 1. The second kappa shape index (κ2) is 6.98. The first-order valence-corrected chi connectivity index (χ1v) is 12.7. The summed E-state index contributed by atoms with van der Waals surface area (Å²) in [4.78, 5) is 17.7. The van der Waals surface area contributed by atoms with E-state index in [1.165, 1.54) is 18.4 Å². The number of ether oxygens (including phenoxy) is 1. The third-order valence-electron chi connectivity index (χ3n) is 9.36. The quantitative estimate of drug-likeness (QED) is 0.714. The normalized spacial score (nSPS) is 33.9. The number of aryl methyl sites for hydroxylation is 1. The molecular formula is C26H32N4O4. The zero-order valence-electron chi connectivity index (χ0n) is 19.6. The molecule has 4 atom stereocenters. The molecule has 0 radical (unpaired) electrons. The van der Waals surface area contributed by atoms with Crippen LogP contribution in [0.25, 0.3) is 0 Å². The van der Waals surface area contributed by atoms with Gasteiger partial charge in [0.2, 0.25) is 5.91 Å². The number of aliphatic hydroxyl groups is 1. The van der Waals surface area contributed by atoms with Crippen molar-refractivity contribution in [2.24, 2.45) is 5.92 Å². The van der Waals surface area contributed by atoms with Crippen LogP contribution in [0.15, 0.2) is 24.4 Å². The molecule has 1 aromatic carbocycles. The molecule has 3 aliphatic heterocycles. The van der Waals surface area contributed by atoms with E-state index in [-0.39, 0.29) is 30.3 Å². The zero-order valence-corrected chi connectivity index (χ0v) is 19.6. The molecule has 1 aromatic heterocycles. The molecule has 0 unspecified atom stereocenters. The highest BCUT2D eigenvalue weighted by atomic mass is 16.5. The third-order valence-corrected chi connectivity index (χ3v) is 9.36. The van der Waals surface area contributed by atoms with Crippen LogP contribution in [-0.4, -0.2) is 79.6 Å². The highest BCUT2D eigenvalue weighted by Crippen LogP contribution is 2.63. The fourth-order valence-corrected chi connectivity index (χ4v) is 7.42. The summed E-state index contributed by atoms with van der Waals surface area (Å²) >= 11 is 0. The number of hydrogen-bond acceptors (Lipinski definition) is 6. The van der Waals surface area contributed by atoms with Crippen LogP contribution in [0.3, 0.4) is 0 Å². The van der Waals surface area contributed by atoms with E-state index < -0.39 is 11.0 Å². The number of rotatable bonds is 4. The van der Waals surface area contributed by atoms with Crippen LogP contribution in [0, 0.1) is 12.8 Å². The van der Waals surface area contributed by atoms with E-state index in [2.05, 4.69) is 10.00 Å². The molecule has 7 rings (SSSR count). The average Bonchev–Trinajstić information content (AvgIpc) is 3.47. The van der Waals surface area contributed by atoms with Crippen molar-refractivity contribution in [1.82, 2.24) is 19.6 Å². The van der Waals surface area contributed by atoms with Gasteiger partial charge < -0.3 is 19.8 Å². The topological polar surface area (TPSA) is 91.1 Å². The predicted octanol–water partition coefficient (Wildman–Crippen LogP) is 1.60. The van der Waals surface area contributed by atoms with Crippen LogP contribution in [0.5, 0.6) is 11.5 Å². The molecule has 2 aromatic rings. The third kappa shape index (κ3) is 2.67. The molecule has 1 amide bonds. The molecule has 180 valence electrons. The summed E-state index contributed by atoms with van der Waals surface area (Å²) in [5.41, 5.74) is 1.51. The largest absolute Gasteiger partial charge is 0.504 e. The van der Waals surface area contributed by atoms with Crippen LogP contribution in [0.4, 0.5) is 0 Å². The standard InChI is InChI=1S/C26H32N4O4/c1-16-6-9-27-30(16)15-22(32)29-11-8-26(33)20-12-18-4-5-19(31)24-23(18)25(26,21(14-29)34-24)7-10-28(20)13-17-2-3-17/h4-6,9,17,20-21,31,33H,2-3,7-8,10-15H2,1H3/t20-,21+,25-,26-/m1/s1. The predicted molar refractivity (Wildman–Crippen MR) is 124 cm³/mol. The molecule has 5 aliphatic rings. The molecule has 34 heavy (non-hydrogen) atoms. The Balaban J connectivity index is 1.30. The van der Waals surface area contributed by atoms with Crippen LogP contribution in [0.1, 0.15) is 42.5 Å². The SMILES string of the molecule is Cc1ccnn1CC(=O)N1CC[C@@]2(O)[C@H]3Cc4ccc(O)c5c4[C@@]2(CCN3CC2CC2)[C@H](C1)O5. The van der Waals surface area contributed by atoms with Crippen LogP contribution in [0.2, 0.25) is 0 Å². The zero-order chi connectivity index (χ0) is 23.2. The van der Waals surface area contributed by atoms with E-state index in [1.54, 1.807) is 16.9 Å². The van der Waals surface area contributed by atoms with E-state index in [0.717, 1.165) is 43.1 Å². The first kappa shape index (κ1) is 20.8. The Morgan fingerprint density at radius 1 is 1.24 bits per heavy atom. The highest BCUT2D eigenvalue weighted by Gasteiger charge is 2.71. The van der Waals surface area contributed by atoms with Gasteiger partial charge >= 0.3 is 0 Å². The first-order chi connectivity index (χ1) is 16.4. The monoisotopic (exact) mass is 464 g/mol. The number of benzene rings is 1. The number of nitrogens with zero attached hydrogens (tertiary/aromatic N) is 4. The Morgan fingerprint density at radius 3 is 2.85 bits per heavy atom. The van der Waals surface area contributed by atoms with Gasteiger partial charge in [-0.2, -0.15) is 5.10 Å².